The maximum atomic E-state index is 6.41. The molecule has 0 bridgehead atoms. The highest BCUT2D eigenvalue weighted by molar-refractivity contribution is 6.29. The Bertz CT molecular complexity index is 469. The number of allylic oxidation sites excluding steroid dienone is 1. The first-order valence-corrected chi connectivity index (χ1v) is 10.2. The van der Waals surface area contributed by atoms with Crippen LogP contribution in [0.25, 0.3) is 0 Å². The van der Waals surface area contributed by atoms with E-state index in [1.165, 1.54) is 64.2 Å². The summed E-state index contributed by atoms with van der Waals surface area (Å²) in [7, 11) is 0. The van der Waals surface area contributed by atoms with Crippen LogP contribution < -0.4 is 0 Å². The number of halogens is 1. The van der Waals surface area contributed by atoms with E-state index < -0.39 is 0 Å². The van der Waals surface area contributed by atoms with Gasteiger partial charge in [-0.2, -0.15) is 0 Å². The van der Waals surface area contributed by atoms with Crippen molar-refractivity contribution in [3.05, 3.63) is 11.6 Å². The second-order valence-corrected chi connectivity index (χ2v) is 10.0. The summed E-state index contributed by atoms with van der Waals surface area (Å²) in [5, 5.41) is 0.945. The molecule has 7 atom stereocenters. The molecule has 22 heavy (non-hydrogen) atoms. The Labute approximate surface area is 142 Å². The predicted molar refractivity (Wildman–Crippen MR) is 94.8 cm³/mol. The number of fused-ring (bicyclic) bond motifs is 5. The van der Waals surface area contributed by atoms with Crippen molar-refractivity contribution in [2.75, 3.05) is 0 Å². The number of hydrogen-bond donors (Lipinski definition) is 0. The van der Waals surface area contributed by atoms with Gasteiger partial charge >= 0.3 is 0 Å². The average Bonchev–Trinajstić information content (AvgIpc) is 2.84. The van der Waals surface area contributed by atoms with E-state index in [-0.39, 0.29) is 0 Å². The molecule has 0 N–H and O–H groups in total. The largest absolute Gasteiger partial charge is 0.0895 e. The zero-order chi connectivity index (χ0) is 15.5. The topological polar surface area (TPSA) is 0 Å². The molecule has 0 aliphatic heterocycles. The third kappa shape index (κ3) is 2.01. The Kier molecular flexibility index (Phi) is 3.72. The number of rotatable bonds is 1. The Hall–Kier alpha value is 0.0300. The van der Waals surface area contributed by atoms with Crippen LogP contribution in [0.4, 0.5) is 0 Å². The lowest BCUT2D eigenvalue weighted by Crippen LogP contribution is -2.52. The Morgan fingerprint density at radius 2 is 1.64 bits per heavy atom. The van der Waals surface area contributed by atoms with Gasteiger partial charge in [-0.3, -0.25) is 0 Å². The van der Waals surface area contributed by atoms with Crippen LogP contribution >= 0.6 is 11.6 Å². The van der Waals surface area contributed by atoms with Gasteiger partial charge in [0.15, 0.2) is 0 Å². The van der Waals surface area contributed by atoms with Gasteiger partial charge in [0.2, 0.25) is 0 Å². The quantitative estimate of drug-likeness (QED) is 0.499. The lowest BCUT2D eigenvalue weighted by Gasteiger charge is -2.60. The van der Waals surface area contributed by atoms with Crippen molar-refractivity contribution >= 4 is 11.6 Å². The molecule has 4 rings (SSSR count). The summed E-state index contributed by atoms with van der Waals surface area (Å²) < 4.78 is 0. The fraction of sp³-hybridized carbons (Fsp3) is 0.905. The molecule has 0 spiro atoms. The summed E-state index contributed by atoms with van der Waals surface area (Å²) in [6.45, 7) is 9.34. The maximum absolute atomic E-state index is 6.41. The summed E-state index contributed by atoms with van der Waals surface area (Å²) in [5.74, 6) is 4.53. The molecule has 4 fully saturated rings. The van der Waals surface area contributed by atoms with Crippen molar-refractivity contribution in [1.82, 2.24) is 0 Å². The second kappa shape index (κ2) is 5.27. The highest BCUT2D eigenvalue weighted by Gasteiger charge is 2.59. The molecule has 1 heteroatoms. The van der Waals surface area contributed by atoms with Crippen LogP contribution in [-0.4, -0.2) is 0 Å². The van der Waals surface area contributed by atoms with Gasteiger partial charge in [0.25, 0.3) is 0 Å². The van der Waals surface area contributed by atoms with Crippen LogP contribution in [0.5, 0.6) is 0 Å². The monoisotopic (exact) mass is 320 g/mol. The Morgan fingerprint density at radius 1 is 0.864 bits per heavy atom. The predicted octanol–water partition coefficient (Wildman–Crippen LogP) is 6.79. The Balaban J connectivity index is 1.63. The first-order valence-electron chi connectivity index (χ1n) is 9.81. The fourth-order valence-electron chi connectivity index (χ4n) is 7.81. The summed E-state index contributed by atoms with van der Waals surface area (Å²) in [4.78, 5) is 0. The van der Waals surface area contributed by atoms with Crippen molar-refractivity contribution in [1.29, 1.82) is 0 Å². The standard InChI is InChI=1S/C21H33Cl/c1-14(22)17-9-10-18-16-8-7-15-6-4-5-12-20(15,2)19(16)11-13-21(17,18)3/h15-19H,1,4-13H2,2-3H3/t15?,16-,17+,18-,19-,20-,21+/m0/s1. The zero-order valence-electron chi connectivity index (χ0n) is 14.5. The molecule has 0 radical (unpaired) electrons. The minimum absolute atomic E-state index is 0.456. The van der Waals surface area contributed by atoms with Crippen molar-refractivity contribution in [3.63, 3.8) is 0 Å². The van der Waals surface area contributed by atoms with E-state index in [0.717, 1.165) is 28.7 Å². The zero-order valence-corrected chi connectivity index (χ0v) is 15.3. The molecule has 0 aromatic carbocycles. The minimum atomic E-state index is 0.456. The van der Waals surface area contributed by atoms with Gasteiger partial charge < -0.3 is 0 Å². The molecule has 124 valence electrons. The lowest BCUT2D eigenvalue weighted by atomic mass is 9.45. The molecule has 0 amide bonds. The van der Waals surface area contributed by atoms with Crippen LogP contribution in [0.1, 0.15) is 78.1 Å². The third-order valence-corrected chi connectivity index (χ3v) is 9.22. The molecule has 4 aliphatic carbocycles. The van der Waals surface area contributed by atoms with Gasteiger partial charge in [-0.05, 0) is 91.8 Å². The average molecular weight is 321 g/mol. The molecule has 1 unspecified atom stereocenters. The van der Waals surface area contributed by atoms with Crippen LogP contribution in [0.3, 0.4) is 0 Å². The van der Waals surface area contributed by atoms with E-state index in [1.807, 2.05) is 0 Å². The smallest absolute Gasteiger partial charge is 0.0145 e. The maximum Gasteiger partial charge on any atom is 0.0145 e. The first kappa shape index (κ1) is 15.6. The van der Waals surface area contributed by atoms with E-state index in [1.54, 1.807) is 0 Å². The van der Waals surface area contributed by atoms with Crippen LogP contribution in [-0.2, 0) is 0 Å². The molecule has 4 saturated carbocycles. The minimum Gasteiger partial charge on any atom is -0.0895 e. The van der Waals surface area contributed by atoms with E-state index in [4.69, 9.17) is 11.6 Å². The second-order valence-electron chi connectivity index (χ2n) is 9.52. The lowest BCUT2D eigenvalue weighted by molar-refractivity contribution is -0.108. The van der Waals surface area contributed by atoms with Crippen molar-refractivity contribution in [2.45, 2.75) is 78.1 Å². The first-order chi connectivity index (χ1) is 10.5. The molecule has 4 aliphatic rings. The van der Waals surface area contributed by atoms with E-state index in [2.05, 4.69) is 20.4 Å². The molecule has 0 nitrogen and oxygen atoms in total. The summed E-state index contributed by atoms with van der Waals surface area (Å²) in [6, 6.07) is 0. The molecule has 0 heterocycles. The van der Waals surface area contributed by atoms with Crippen molar-refractivity contribution in [2.24, 2.45) is 40.4 Å². The van der Waals surface area contributed by atoms with Gasteiger partial charge in [0, 0.05) is 5.03 Å². The molecule has 0 aromatic heterocycles. The summed E-state index contributed by atoms with van der Waals surface area (Å²) in [6.07, 6.45) is 14.6. The van der Waals surface area contributed by atoms with E-state index >= 15 is 0 Å². The van der Waals surface area contributed by atoms with Crippen molar-refractivity contribution < 1.29 is 0 Å². The third-order valence-electron chi connectivity index (χ3n) is 8.96. The normalized spacial score (nSPS) is 54.2. The highest BCUT2D eigenvalue weighted by atomic mass is 35.5. The number of hydrogen-bond acceptors (Lipinski definition) is 0. The van der Waals surface area contributed by atoms with Gasteiger partial charge in [-0.1, -0.05) is 44.9 Å². The molecular weight excluding hydrogens is 288 g/mol. The summed E-state index contributed by atoms with van der Waals surface area (Å²) >= 11 is 6.41. The van der Waals surface area contributed by atoms with E-state index in [0.29, 0.717) is 16.7 Å². The molecule has 0 saturated heterocycles. The molecule has 0 aromatic rings. The summed E-state index contributed by atoms with van der Waals surface area (Å²) in [5.41, 5.74) is 1.12. The SMILES string of the molecule is C=C(Cl)[C@H]1CC[C@H]2[C@@H]3CCC4CCCC[C@]4(C)[C@H]3CC[C@]12C. The molecular formula is C21H33Cl. The van der Waals surface area contributed by atoms with Gasteiger partial charge in [-0.15, -0.1) is 0 Å². The van der Waals surface area contributed by atoms with Crippen LogP contribution in [0.15, 0.2) is 11.6 Å². The Morgan fingerprint density at radius 3 is 2.41 bits per heavy atom. The van der Waals surface area contributed by atoms with E-state index in [9.17, 15) is 0 Å². The van der Waals surface area contributed by atoms with Gasteiger partial charge in [0.1, 0.15) is 0 Å². The fourth-order valence-corrected chi connectivity index (χ4v) is 8.17. The highest BCUT2D eigenvalue weighted by Crippen LogP contribution is 2.68. The van der Waals surface area contributed by atoms with Gasteiger partial charge in [0.05, 0.1) is 0 Å². The van der Waals surface area contributed by atoms with Crippen LogP contribution in [0, 0.1) is 40.4 Å². The van der Waals surface area contributed by atoms with Crippen molar-refractivity contribution in [3.8, 4) is 0 Å². The van der Waals surface area contributed by atoms with Gasteiger partial charge in [-0.25, -0.2) is 0 Å². The van der Waals surface area contributed by atoms with Crippen LogP contribution in [0.2, 0.25) is 0 Å².